The number of aliphatic hydroxyl groups excluding tert-OH is 2. The van der Waals surface area contributed by atoms with E-state index in [2.05, 4.69) is 15.5 Å². The monoisotopic (exact) mass is 544 g/mol. The van der Waals surface area contributed by atoms with E-state index in [1.54, 1.807) is 31.2 Å². The van der Waals surface area contributed by atoms with E-state index in [1.807, 2.05) is 0 Å². The van der Waals surface area contributed by atoms with E-state index in [-0.39, 0.29) is 18.2 Å². The Balaban J connectivity index is 1.71. The molecule has 0 aliphatic carbocycles. The highest BCUT2D eigenvalue weighted by Crippen LogP contribution is 2.26. The minimum atomic E-state index is -4.93. The van der Waals surface area contributed by atoms with E-state index in [0.29, 0.717) is 21.3 Å². The Morgan fingerprint density at radius 3 is 2.42 bits per heavy atom. The number of rotatable bonds is 7. The molecule has 0 spiro atoms. The zero-order valence-electron chi connectivity index (χ0n) is 18.7. The molecule has 2 unspecified atom stereocenters. The van der Waals surface area contributed by atoms with E-state index < -0.39 is 36.8 Å². The van der Waals surface area contributed by atoms with E-state index in [0.717, 1.165) is 9.25 Å². The molecule has 2 heterocycles. The minimum absolute atomic E-state index is 0.0858. The number of aliphatic hydroxyl groups is 2. The molecule has 4 rings (SSSR count). The Morgan fingerprint density at radius 1 is 1.11 bits per heavy atom. The highest BCUT2D eigenvalue weighted by atomic mass is 35.5. The SMILES string of the molecule is CC(O)C1NC(Cn2nc(-c3ccc(Cl)cc3)n(C[C@H](O)C(F)(F)F)c2=O)=NN1c1cccc(Cl)c1. The summed E-state index contributed by atoms with van der Waals surface area (Å²) < 4.78 is 40.9. The van der Waals surface area contributed by atoms with Crippen molar-refractivity contribution in [3.8, 4) is 11.4 Å². The Morgan fingerprint density at radius 2 is 1.81 bits per heavy atom. The summed E-state index contributed by atoms with van der Waals surface area (Å²) in [5.41, 5.74) is 0.0137. The largest absolute Gasteiger partial charge is 0.416 e. The van der Waals surface area contributed by atoms with Crippen LogP contribution in [0.2, 0.25) is 10.0 Å². The number of benzene rings is 2. The fourth-order valence-corrected chi connectivity index (χ4v) is 3.94. The molecule has 0 bridgehead atoms. The van der Waals surface area contributed by atoms with Crippen molar-refractivity contribution in [2.45, 2.75) is 44.6 Å². The maximum atomic E-state index is 13.1. The Bertz CT molecular complexity index is 1320. The number of hydrogen-bond acceptors (Lipinski definition) is 7. The molecule has 0 radical (unpaired) electrons. The summed E-state index contributed by atoms with van der Waals surface area (Å²) >= 11 is 12.0. The lowest BCUT2D eigenvalue weighted by molar-refractivity contribution is -0.207. The molecule has 3 N–H and O–H groups in total. The van der Waals surface area contributed by atoms with Crippen LogP contribution in [-0.2, 0) is 13.1 Å². The van der Waals surface area contributed by atoms with Crippen LogP contribution in [0.3, 0.4) is 0 Å². The molecule has 14 heteroatoms. The van der Waals surface area contributed by atoms with Gasteiger partial charge >= 0.3 is 11.9 Å². The number of amidine groups is 1. The molecule has 1 aliphatic heterocycles. The van der Waals surface area contributed by atoms with Crippen molar-refractivity contribution < 1.29 is 23.4 Å². The molecule has 9 nitrogen and oxygen atoms in total. The number of anilines is 1. The number of alkyl halides is 3. The van der Waals surface area contributed by atoms with Crippen LogP contribution in [0.5, 0.6) is 0 Å². The zero-order chi connectivity index (χ0) is 26.2. The lowest BCUT2D eigenvalue weighted by Crippen LogP contribution is -2.47. The van der Waals surface area contributed by atoms with Gasteiger partial charge < -0.3 is 15.5 Å². The maximum absolute atomic E-state index is 13.1. The summed E-state index contributed by atoms with van der Waals surface area (Å²) in [6.07, 6.45) is -9.30. The zero-order valence-corrected chi connectivity index (χ0v) is 20.2. The smallest absolute Gasteiger partial charge is 0.389 e. The summed E-state index contributed by atoms with van der Waals surface area (Å²) in [6, 6.07) is 12.8. The molecule has 0 saturated heterocycles. The number of nitrogens with one attached hydrogen (secondary N) is 1. The normalized spacial score (nSPS) is 17.6. The standard InChI is InChI=1S/C22H21Cl2F3N6O3/c1-12(34)19-28-18(29-33(19)16-4-2-3-15(24)9-16)11-32-21(36)31(10-17(35)22(25,26)27)20(30-32)13-5-7-14(23)8-6-13/h2-9,12,17,19,34-35H,10-11H2,1H3,(H,28,29)/t12?,17-,19?/m0/s1. The van der Waals surface area contributed by atoms with Gasteiger partial charge in [0.15, 0.2) is 11.9 Å². The first-order valence-electron chi connectivity index (χ1n) is 10.7. The number of halogens is 5. The topological polar surface area (TPSA) is 108 Å². The van der Waals surface area contributed by atoms with Crippen molar-refractivity contribution in [2.24, 2.45) is 5.10 Å². The summed E-state index contributed by atoms with van der Waals surface area (Å²) in [5.74, 6) is 0.143. The Hall–Kier alpha value is -3.06. The molecule has 1 aliphatic rings. The molecule has 2 aromatic carbocycles. The minimum Gasteiger partial charge on any atom is -0.389 e. The number of hydrazone groups is 1. The Kier molecular flexibility index (Phi) is 7.32. The van der Waals surface area contributed by atoms with E-state index >= 15 is 0 Å². The predicted molar refractivity (Wildman–Crippen MR) is 129 cm³/mol. The molecule has 3 atom stereocenters. The molecular formula is C22H21Cl2F3N6O3. The van der Waals surface area contributed by atoms with Crippen molar-refractivity contribution >= 4 is 34.7 Å². The lowest BCUT2D eigenvalue weighted by atomic mass is 10.2. The summed E-state index contributed by atoms with van der Waals surface area (Å²) in [4.78, 5) is 13.1. The van der Waals surface area contributed by atoms with E-state index in [4.69, 9.17) is 23.2 Å². The predicted octanol–water partition coefficient (Wildman–Crippen LogP) is 3.07. The number of hydrogen-bond donors (Lipinski definition) is 3. The molecular weight excluding hydrogens is 524 g/mol. The van der Waals surface area contributed by atoms with Crippen LogP contribution in [0.1, 0.15) is 6.92 Å². The molecule has 192 valence electrons. The van der Waals surface area contributed by atoms with Crippen LogP contribution in [0.15, 0.2) is 58.4 Å². The van der Waals surface area contributed by atoms with Crippen LogP contribution >= 0.6 is 23.2 Å². The van der Waals surface area contributed by atoms with Crippen molar-refractivity contribution in [1.29, 1.82) is 0 Å². The maximum Gasteiger partial charge on any atom is 0.416 e. The van der Waals surface area contributed by atoms with Gasteiger partial charge in [-0.05, 0) is 49.4 Å². The van der Waals surface area contributed by atoms with Crippen LogP contribution in [-0.4, -0.2) is 54.9 Å². The van der Waals surface area contributed by atoms with Gasteiger partial charge in [0.25, 0.3) is 0 Å². The van der Waals surface area contributed by atoms with Gasteiger partial charge in [-0.15, -0.1) is 5.10 Å². The molecule has 0 fully saturated rings. The second-order valence-corrected chi connectivity index (χ2v) is 9.01. The van der Waals surface area contributed by atoms with Gasteiger partial charge in [-0.3, -0.25) is 4.57 Å². The first-order chi connectivity index (χ1) is 16.9. The number of aromatic nitrogens is 3. The average molecular weight is 545 g/mol. The lowest BCUT2D eigenvalue weighted by Gasteiger charge is -2.25. The first-order valence-corrected chi connectivity index (χ1v) is 11.4. The quantitative estimate of drug-likeness (QED) is 0.422. The second kappa shape index (κ2) is 10.1. The van der Waals surface area contributed by atoms with Gasteiger partial charge in [0, 0.05) is 15.6 Å². The fourth-order valence-electron chi connectivity index (χ4n) is 3.63. The van der Waals surface area contributed by atoms with Crippen molar-refractivity contribution in [3.05, 3.63) is 69.1 Å². The number of nitrogens with zero attached hydrogens (tertiary/aromatic N) is 5. The molecule has 0 saturated carbocycles. The van der Waals surface area contributed by atoms with Gasteiger partial charge in [-0.2, -0.15) is 18.3 Å². The highest BCUT2D eigenvalue weighted by molar-refractivity contribution is 6.31. The molecule has 3 aromatic rings. The third kappa shape index (κ3) is 5.51. The highest BCUT2D eigenvalue weighted by Gasteiger charge is 2.39. The van der Waals surface area contributed by atoms with E-state index in [9.17, 15) is 28.2 Å². The van der Waals surface area contributed by atoms with Gasteiger partial charge in [0.1, 0.15) is 18.5 Å². The van der Waals surface area contributed by atoms with E-state index in [1.165, 1.54) is 29.3 Å². The van der Waals surface area contributed by atoms with Gasteiger partial charge in [0.05, 0.1) is 18.3 Å². The summed E-state index contributed by atoms with van der Waals surface area (Å²) in [5, 5.41) is 33.8. The van der Waals surface area contributed by atoms with Gasteiger partial charge in [0.2, 0.25) is 0 Å². The fraction of sp³-hybridized carbons (Fsp3) is 0.318. The average Bonchev–Trinajstić information content (AvgIpc) is 3.36. The molecule has 1 aromatic heterocycles. The van der Waals surface area contributed by atoms with Gasteiger partial charge in [-0.1, -0.05) is 29.3 Å². The van der Waals surface area contributed by atoms with Crippen LogP contribution in [0.25, 0.3) is 11.4 Å². The van der Waals surface area contributed by atoms with Crippen LogP contribution < -0.4 is 16.0 Å². The third-order valence-corrected chi connectivity index (χ3v) is 5.88. The van der Waals surface area contributed by atoms with Crippen LogP contribution in [0.4, 0.5) is 18.9 Å². The van der Waals surface area contributed by atoms with Crippen molar-refractivity contribution in [1.82, 2.24) is 19.7 Å². The first kappa shape index (κ1) is 26.0. The summed E-state index contributed by atoms with van der Waals surface area (Å²) in [7, 11) is 0. The van der Waals surface area contributed by atoms with Crippen molar-refractivity contribution in [2.75, 3.05) is 5.01 Å². The van der Waals surface area contributed by atoms with Crippen molar-refractivity contribution in [3.63, 3.8) is 0 Å². The Labute approximate surface area is 213 Å². The second-order valence-electron chi connectivity index (χ2n) is 8.14. The van der Waals surface area contributed by atoms with Gasteiger partial charge in [-0.25, -0.2) is 14.5 Å². The third-order valence-electron chi connectivity index (χ3n) is 5.39. The van der Waals surface area contributed by atoms with Crippen LogP contribution in [0, 0.1) is 0 Å². The molecule has 0 amide bonds. The summed E-state index contributed by atoms with van der Waals surface area (Å²) in [6.45, 7) is 0.256. The molecule has 36 heavy (non-hydrogen) atoms.